The van der Waals surface area contributed by atoms with Crippen LogP contribution in [-0.4, -0.2) is 117 Å². The van der Waals surface area contributed by atoms with Crippen molar-refractivity contribution < 1.29 is 54.7 Å². The van der Waals surface area contributed by atoms with Crippen molar-refractivity contribution in [2.24, 2.45) is 0 Å². The van der Waals surface area contributed by atoms with Gasteiger partial charge in [-0.25, -0.2) is 0 Å². The Morgan fingerprint density at radius 1 is 1.09 bits per heavy atom. The summed E-state index contributed by atoms with van der Waals surface area (Å²) in [5, 5.41) is 68.4. The zero-order chi connectivity index (χ0) is 23.7. The molecule has 11 nitrogen and oxygen atoms in total. The number of aliphatic hydroxyl groups is 7. The van der Waals surface area contributed by atoms with Gasteiger partial charge in [0.05, 0.1) is 26.4 Å². The lowest BCUT2D eigenvalue weighted by Crippen LogP contribution is -2.60. The summed E-state index contributed by atoms with van der Waals surface area (Å²) in [5.74, 6) is 10.5. The molecule has 2 heterocycles. The molecular formula is C21H30O11. The predicted octanol–water partition coefficient (Wildman–Crippen LogP) is -3.40. The molecule has 0 bridgehead atoms. The van der Waals surface area contributed by atoms with Crippen molar-refractivity contribution >= 4 is 0 Å². The maximum Gasteiger partial charge on any atom is 0.188 e. The van der Waals surface area contributed by atoms with Crippen LogP contribution < -0.4 is 0 Å². The number of aliphatic hydroxyl groups excluding tert-OH is 6. The van der Waals surface area contributed by atoms with E-state index >= 15 is 0 Å². The molecule has 9 atom stereocenters. The Morgan fingerprint density at radius 3 is 2.47 bits per heavy atom. The first-order chi connectivity index (χ1) is 15.3. The second-order valence-corrected chi connectivity index (χ2v) is 7.39. The molecule has 0 aliphatic carbocycles. The molecule has 11 heteroatoms. The molecule has 180 valence electrons. The number of rotatable bonds is 8. The van der Waals surface area contributed by atoms with Crippen LogP contribution in [0.5, 0.6) is 0 Å². The van der Waals surface area contributed by atoms with Gasteiger partial charge in [-0.1, -0.05) is 24.8 Å². The van der Waals surface area contributed by atoms with E-state index in [9.17, 15) is 30.6 Å². The minimum Gasteiger partial charge on any atom is -0.393 e. The van der Waals surface area contributed by atoms with Crippen LogP contribution in [0.15, 0.2) is 12.2 Å². The van der Waals surface area contributed by atoms with Crippen molar-refractivity contribution in [3.8, 4) is 23.7 Å². The first kappa shape index (κ1) is 26.7. The highest BCUT2D eigenvalue weighted by Gasteiger charge is 2.50. The van der Waals surface area contributed by atoms with Gasteiger partial charge in [-0.15, -0.1) is 0 Å². The van der Waals surface area contributed by atoms with Gasteiger partial charge in [0.15, 0.2) is 12.6 Å². The lowest BCUT2D eigenvalue weighted by molar-refractivity contribution is -0.314. The van der Waals surface area contributed by atoms with Gasteiger partial charge in [0.2, 0.25) is 0 Å². The predicted molar refractivity (Wildman–Crippen MR) is 107 cm³/mol. The Morgan fingerprint density at radius 2 is 1.84 bits per heavy atom. The smallest absolute Gasteiger partial charge is 0.188 e. The number of hydrogen-bond donors (Lipinski definition) is 7. The summed E-state index contributed by atoms with van der Waals surface area (Å²) in [7, 11) is 0. The topological polar surface area (TPSA) is 179 Å². The maximum atomic E-state index is 10.2. The average molecular weight is 458 g/mol. The van der Waals surface area contributed by atoms with Crippen LogP contribution >= 0.6 is 0 Å². The normalized spacial score (nSPS) is 38.1. The summed E-state index contributed by atoms with van der Waals surface area (Å²) < 4.78 is 21.6. The van der Waals surface area contributed by atoms with Crippen molar-refractivity contribution in [2.75, 3.05) is 26.4 Å². The van der Waals surface area contributed by atoms with Crippen LogP contribution in [0.3, 0.4) is 0 Å². The molecule has 0 aromatic heterocycles. The van der Waals surface area contributed by atoms with E-state index in [1.807, 2.05) is 0 Å². The van der Waals surface area contributed by atoms with Gasteiger partial charge in [0, 0.05) is 0 Å². The largest absolute Gasteiger partial charge is 0.393 e. The zero-order valence-electron chi connectivity index (χ0n) is 17.6. The summed E-state index contributed by atoms with van der Waals surface area (Å²) in [6, 6.07) is 0. The zero-order valence-corrected chi connectivity index (χ0v) is 17.6. The van der Waals surface area contributed by atoms with E-state index < -0.39 is 61.4 Å². The van der Waals surface area contributed by atoms with Gasteiger partial charge in [-0.2, -0.15) is 0 Å². The molecule has 2 aliphatic rings. The molecule has 2 fully saturated rings. The summed E-state index contributed by atoms with van der Waals surface area (Å²) >= 11 is 0. The lowest BCUT2D eigenvalue weighted by Gasteiger charge is -2.41. The van der Waals surface area contributed by atoms with E-state index in [0.29, 0.717) is 6.42 Å². The Hall–Kier alpha value is -1.58. The van der Waals surface area contributed by atoms with E-state index in [-0.39, 0.29) is 19.8 Å². The molecular weight excluding hydrogens is 428 g/mol. The van der Waals surface area contributed by atoms with Crippen LogP contribution in [0.4, 0.5) is 0 Å². The van der Waals surface area contributed by atoms with Gasteiger partial charge < -0.3 is 54.7 Å². The lowest BCUT2D eigenvalue weighted by atomic mass is 9.99. The van der Waals surface area contributed by atoms with Gasteiger partial charge in [0.1, 0.15) is 42.2 Å². The third-order valence-corrected chi connectivity index (χ3v) is 5.02. The van der Waals surface area contributed by atoms with E-state index in [1.54, 1.807) is 6.92 Å². The molecule has 7 N–H and O–H groups in total. The molecule has 0 aromatic rings. The Kier molecular flexibility index (Phi) is 10.5. The van der Waals surface area contributed by atoms with Gasteiger partial charge in [-0.3, -0.25) is 0 Å². The number of hydrogen-bond acceptors (Lipinski definition) is 11. The molecule has 2 saturated heterocycles. The standard InChI is InChI=1S/C21H30O11/c1-2-13(8-6-4-3-5-7-9-22)31-19-17(26)16(25)15(24)14(32-19)10-29-20-18(27)21(28,11-23)12-30-20/h5,7,13-20,22-28H,2,9-12H2,1H3. The summed E-state index contributed by atoms with van der Waals surface area (Å²) in [4.78, 5) is 0. The summed E-state index contributed by atoms with van der Waals surface area (Å²) in [6.45, 7) is 0.178. The minimum atomic E-state index is -1.87. The van der Waals surface area contributed by atoms with Crippen LogP contribution in [-0.2, 0) is 18.9 Å². The van der Waals surface area contributed by atoms with Gasteiger partial charge >= 0.3 is 0 Å². The molecule has 2 aliphatic heterocycles. The molecule has 2 rings (SSSR count). The van der Waals surface area contributed by atoms with Crippen molar-refractivity contribution in [2.45, 2.75) is 68.1 Å². The second-order valence-electron chi connectivity index (χ2n) is 7.39. The molecule has 0 saturated carbocycles. The van der Waals surface area contributed by atoms with Crippen LogP contribution in [0.25, 0.3) is 0 Å². The summed E-state index contributed by atoms with van der Waals surface area (Å²) in [6.07, 6.45) is -7.44. The molecule has 0 amide bonds. The quantitative estimate of drug-likeness (QED) is 0.180. The fraction of sp³-hybridized carbons (Fsp3) is 0.714. The fourth-order valence-corrected chi connectivity index (χ4v) is 2.99. The maximum absolute atomic E-state index is 10.2. The first-order valence-electron chi connectivity index (χ1n) is 10.1. The van der Waals surface area contributed by atoms with Crippen LogP contribution in [0.1, 0.15) is 13.3 Å². The van der Waals surface area contributed by atoms with Crippen molar-refractivity contribution in [3.05, 3.63) is 12.2 Å². The first-order valence-corrected chi connectivity index (χ1v) is 10.1. The van der Waals surface area contributed by atoms with E-state index in [1.165, 1.54) is 12.2 Å². The molecule has 0 spiro atoms. The van der Waals surface area contributed by atoms with Gasteiger partial charge in [0.25, 0.3) is 0 Å². The Labute approximate surface area is 185 Å². The highest BCUT2D eigenvalue weighted by molar-refractivity contribution is 5.31. The fourth-order valence-electron chi connectivity index (χ4n) is 2.99. The molecule has 32 heavy (non-hydrogen) atoms. The van der Waals surface area contributed by atoms with Gasteiger partial charge in [-0.05, 0) is 24.3 Å². The van der Waals surface area contributed by atoms with Crippen LogP contribution in [0, 0.1) is 23.7 Å². The van der Waals surface area contributed by atoms with Crippen molar-refractivity contribution in [3.63, 3.8) is 0 Å². The molecule has 0 aromatic carbocycles. The highest BCUT2D eigenvalue weighted by Crippen LogP contribution is 2.28. The number of ether oxygens (including phenoxy) is 4. The molecule has 0 radical (unpaired) electrons. The number of allylic oxidation sites excluding steroid dienone is 1. The van der Waals surface area contributed by atoms with Crippen LogP contribution in [0.2, 0.25) is 0 Å². The monoisotopic (exact) mass is 458 g/mol. The third kappa shape index (κ3) is 6.71. The van der Waals surface area contributed by atoms with Crippen molar-refractivity contribution in [1.82, 2.24) is 0 Å². The second kappa shape index (κ2) is 12.6. The van der Waals surface area contributed by atoms with E-state index in [2.05, 4.69) is 23.7 Å². The van der Waals surface area contributed by atoms with Crippen molar-refractivity contribution in [1.29, 1.82) is 0 Å². The summed E-state index contributed by atoms with van der Waals surface area (Å²) in [5.41, 5.74) is -1.87. The average Bonchev–Trinajstić information content (AvgIpc) is 3.08. The van der Waals surface area contributed by atoms with E-state index in [4.69, 9.17) is 24.1 Å². The Balaban J connectivity index is 1.98. The van der Waals surface area contributed by atoms with E-state index in [0.717, 1.165) is 0 Å². The Bertz CT molecular complexity index is 735. The minimum absolute atomic E-state index is 0.132. The SMILES string of the molecule is CCC(C#CC#CC=CCO)OC1OC(COC2OCC(O)(CO)C2O)C(O)C(O)C1O. The molecule has 9 unspecified atom stereocenters. The highest BCUT2D eigenvalue weighted by atomic mass is 16.7. The third-order valence-electron chi connectivity index (χ3n) is 5.02.